The second kappa shape index (κ2) is 12.2. The molecule has 0 aliphatic rings. The average molecular weight is 450 g/mol. The molecule has 0 fully saturated rings. The van der Waals surface area contributed by atoms with E-state index in [-0.39, 0.29) is 22.9 Å². The third-order valence-electron chi connectivity index (χ3n) is 4.88. The molecule has 0 atom stereocenters. The molecule has 2 rings (SSSR count). The number of benzene rings is 2. The van der Waals surface area contributed by atoms with Crippen LogP contribution in [0.1, 0.15) is 53.9 Å². The summed E-state index contributed by atoms with van der Waals surface area (Å²) >= 11 is 0. The van der Waals surface area contributed by atoms with Crippen molar-refractivity contribution < 1.29 is 22.7 Å². The first-order valence-corrected chi connectivity index (χ1v) is 9.27. The number of rotatable bonds is 11. The van der Waals surface area contributed by atoms with Gasteiger partial charge in [0.1, 0.15) is 0 Å². The average Bonchev–Trinajstić information content (AvgIpc) is 2.64. The lowest BCUT2D eigenvalue weighted by atomic mass is 9.82. The van der Waals surface area contributed by atoms with E-state index in [1.54, 1.807) is 0 Å². The lowest BCUT2D eigenvalue weighted by Crippen LogP contribution is -3.00. The molecule has 0 saturated heterocycles. The Hall–Kier alpha value is -2.32. The van der Waals surface area contributed by atoms with Gasteiger partial charge in [-0.05, 0) is 79.6 Å². The minimum absolute atomic E-state index is 0. The van der Waals surface area contributed by atoms with Gasteiger partial charge in [0.05, 0.1) is 28.5 Å². The van der Waals surface area contributed by atoms with Crippen LogP contribution in [0.5, 0.6) is 0 Å². The highest BCUT2D eigenvalue weighted by atomic mass is 79.9. The number of hydrogen-bond donors (Lipinski definition) is 3. The molecule has 0 bridgehead atoms. The van der Waals surface area contributed by atoms with E-state index in [4.69, 9.17) is 0 Å². The van der Waals surface area contributed by atoms with Crippen LogP contribution in [0.2, 0.25) is 0 Å². The predicted molar refractivity (Wildman–Crippen MR) is 109 cm³/mol. The summed E-state index contributed by atoms with van der Waals surface area (Å²) in [4.78, 5) is 20.9. The van der Waals surface area contributed by atoms with E-state index in [1.165, 1.54) is 11.1 Å². The summed E-state index contributed by atoms with van der Waals surface area (Å²) in [7, 11) is 0. The van der Waals surface area contributed by atoms with Gasteiger partial charge in [-0.1, -0.05) is 18.6 Å². The van der Waals surface area contributed by atoms with Crippen LogP contribution in [0.15, 0.2) is 47.0 Å². The molecule has 0 radical (unpaired) electrons. The molecule has 0 aromatic heterocycles. The van der Waals surface area contributed by atoms with Gasteiger partial charge in [0.25, 0.3) is 0 Å². The zero-order valence-electron chi connectivity index (χ0n) is 16.4. The fourth-order valence-electron chi connectivity index (χ4n) is 3.56. The van der Waals surface area contributed by atoms with E-state index < -0.39 is 0 Å². The number of anilines is 2. The van der Waals surface area contributed by atoms with E-state index in [0.717, 1.165) is 43.4 Å². The molecule has 0 amide bonds. The Morgan fingerprint density at radius 2 is 1.36 bits per heavy atom. The van der Waals surface area contributed by atoms with E-state index in [0.29, 0.717) is 11.4 Å². The zero-order chi connectivity index (χ0) is 19.6. The minimum atomic E-state index is 0. The SMILES string of the molecule is Cc1cc(NN=O)ccc1C(CCCCC[NH3+])c1ccc(NN=O)cc1C.[Br-]. The summed E-state index contributed by atoms with van der Waals surface area (Å²) in [5, 5.41) is 5.49. The molecule has 2 aromatic carbocycles. The maximum atomic E-state index is 10.5. The number of unbranched alkanes of at least 4 members (excludes halogenated alkanes) is 2. The molecule has 8 heteroatoms. The van der Waals surface area contributed by atoms with Crippen molar-refractivity contribution in [2.24, 2.45) is 10.6 Å². The van der Waals surface area contributed by atoms with Crippen molar-refractivity contribution in [1.29, 1.82) is 0 Å². The third-order valence-corrected chi connectivity index (χ3v) is 4.88. The normalized spacial score (nSPS) is 10.3. The lowest BCUT2D eigenvalue weighted by molar-refractivity contribution is -0.368. The highest BCUT2D eigenvalue weighted by Gasteiger charge is 2.19. The van der Waals surface area contributed by atoms with Gasteiger partial charge in [-0.15, -0.1) is 9.81 Å². The zero-order valence-corrected chi connectivity index (χ0v) is 18.0. The fourth-order valence-corrected chi connectivity index (χ4v) is 3.56. The van der Waals surface area contributed by atoms with Crippen molar-refractivity contribution in [1.82, 2.24) is 0 Å². The van der Waals surface area contributed by atoms with Crippen LogP contribution in [-0.4, -0.2) is 6.54 Å². The summed E-state index contributed by atoms with van der Waals surface area (Å²) in [5.74, 6) is 0.242. The molecule has 0 heterocycles. The quantitative estimate of drug-likeness (QED) is 0.273. The predicted octanol–water partition coefficient (Wildman–Crippen LogP) is 1.43. The Morgan fingerprint density at radius 3 is 1.75 bits per heavy atom. The van der Waals surface area contributed by atoms with Gasteiger partial charge in [-0.2, -0.15) is 0 Å². The van der Waals surface area contributed by atoms with Gasteiger partial charge in [0.2, 0.25) is 0 Å². The third kappa shape index (κ3) is 6.38. The summed E-state index contributed by atoms with van der Waals surface area (Å²) in [6, 6.07) is 11.8. The smallest absolute Gasteiger partial charge is 0.0739 e. The van der Waals surface area contributed by atoms with Crippen LogP contribution in [0, 0.1) is 23.7 Å². The molecule has 0 spiro atoms. The van der Waals surface area contributed by atoms with E-state index in [1.807, 2.05) is 24.3 Å². The van der Waals surface area contributed by atoms with Crippen molar-refractivity contribution in [2.45, 2.75) is 45.4 Å². The molecule has 0 saturated carbocycles. The van der Waals surface area contributed by atoms with E-state index >= 15 is 0 Å². The lowest BCUT2D eigenvalue weighted by Gasteiger charge is -2.23. The molecule has 152 valence electrons. The molecule has 28 heavy (non-hydrogen) atoms. The molecule has 0 unspecified atom stereocenters. The van der Waals surface area contributed by atoms with Crippen LogP contribution >= 0.6 is 0 Å². The number of nitrogens with zero attached hydrogens (tertiary/aromatic N) is 2. The van der Waals surface area contributed by atoms with Gasteiger partial charge < -0.3 is 22.7 Å². The summed E-state index contributed by atoms with van der Waals surface area (Å²) < 4.78 is 0. The number of quaternary nitrogens is 1. The monoisotopic (exact) mass is 449 g/mol. The van der Waals surface area contributed by atoms with E-state index in [9.17, 15) is 9.81 Å². The van der Waals surface area contributed by atoms with Crippen molar-refractivity contribution in [3.63, 3.8) is 0 Å². The summed E-state index contributed by atoms with van der Waals surface area (Å²) in [6.07, 6.45) is 4.43. The second-order valence-corrected chi connectivity index (χ2v) is 6.80. The second-order valence-electron chi connectivity index (χ2n) is 6.80. The highest BCUT2D eigenvalue weighted by Crippen LogP contribution is 2.35. The standard InChI is InChI=1S/C20H27N5O2.BrH/c1-14-12-16(22-24-26)7-9-18(14)20(6-4-3-5-11-21)19-10-8-17(23-25-27)13-15(19)2;/h7-10,12-13,20H,3-6,11,21H2,1-2H3,(H,22,26)(H,23,27);1H. The van der Waals surface area contributed by atoms with Crippen molar-refractivity contribution in [2.75, 3.05) is 17.4 Å². The molecule has 0 aliphatic heterocycles. The first-order chi connectivity index (χ1) is 13.1. The molecule has 7 nitrogen and oxygen atoms in total. The Labute approximate surface area is 176 Å². The molecule has 0 aliphatic carbocycles. The first-order valence-electron chi connectivity index (χ1n) is 9.27. The maximum Gasteiger partial charge on any atom is 0.0739 e. The van der Waals surface area contributed by atoms with Gasteiger partial charge >= 0.3 is 0 Å². The Balaban J connectivity index is 0.00000392. The highest BCUT2D eigenvalue weighted by molar-refractivity contribution is 5.53. The van der Waals surface area contributed by atoms with Crippen LogP contribution in [0.4, 0.5) is 11.4 Å². The van der Waals surface area contributed by atoms with Crippen molar-refractivity contribution >= 4 is 11.4 Å². The van der Waals surface area contributed by atoms with Gasteiger partial charge in [0, 0.05) is 5.92 Å². The van der Waals surface area contributed by atoms with Crippen molar-refractivity contribution in [3.8, 4) is 0 Å². The first kappa shape index (κ1) is 23.7. The Kier molecular flexibility index (Phi) is 10.3. The molecule has 2 aromatic rings. The molecular weight excluding hydrogens is 422 g/mol. The molecule has 5 N–H and O–H groups in total. The largest absolute Gasteiger partial charge is 1.00 e. The number of hydrogen-bond acceptors (Lipinski definition) is 4. The van der Waals surface area contributed by atoms with Crippen LogP contribution in [-0.2, 0) is 0 Å². The van der Waals surface area contributed by atoms with Crippen LogP contribution in [0.3, 0.4) is 0 Å². The summed E-state index contributed by atoms with van der Waals surface area (Å²) in [5.41, 5.74) is 14.9. The minimum Gasteiger partial charge on any atom is -1.00 e. The van der Waals surface area contributed by atoms with Crippen LogP contribution < -0.4 is 33.6 Å². The maximum absolute atomic E-state index is 10.5. The number of halogens is 1. The van der Waals surface area contributed by atoms with E-state index in [2.05, 4.69) is 53.1 Å². The van der Waals surface area contributed by atoms with Gasteiger partial charge in [0.15, 0.2) is 0 Å². The Bertz CT molecular complexity index is 726. The van der Waals surface area contributed by atoms with Crippen molar-refractivity contribution in [3.05, 3.63) is 68.5 Å². The number of nitroso groups, excluding NO2 is 2. The van der Waals surface area contributed by atoms with Gasteiger partial charge in [-0.3, -0.25) is 0 Å². The van der Waals surface area contributed by atoms with Gasteiger partial charge in [-0.25, -0.2) is 10.9 Å². The van der Waals surface area contributed by atoms with Crippen LogP contribution in [0.25, 0.3) is 0 Å². The molecular formula is C20H28BrN5O2. The summed E-state index contributed by atoms with van der Waals surface area (Å²) in [6.45, 7) is 5.06. The topological polar surface area (TPSA) is 111 Å². The number of nitrogens with one attached hydrogen (secondary N) is 2. The number of aryl methyl sites for hydroxylation is 2. The Morgan fingerprint density at radius 1 is 0.857 bits per heavy atom. The fraction of sp³-hybridized carbons (Fsp3) is 0.400.